The molecule has 0 atom stereocenters. The Morgan fingerprint density at radius 3 is 2.43 bits per heavy atom. The minimum absolute atomic E-state index is 0.233. The highest BCUT2D eigenvalue weighted by molar-refractivity contribution is 6.93. The van der Waals surface area contributed by atoms with E-state index in [4.69, 9.17) is 11.1 Å². The highest BCUT2D eigenvalue weighted by atomic mass is 35.6. The molecule has 0 nitrogen and oxygen atoms in total. The van der Waals surface area contributed by atoms with Crippen LogP contribution in [-0.4, -0.2) is 8.83 Å². The van der Waals surface area contributed by atoms with Crippen LogP contribution < -0.4 is 0 Å². The van der Waals surface area contributed by atoms with Crippen LogP contribution in [0.25, 0.3) is 0 Å². The van der Waals surface area contributed by atoms with E-state index >= 15 is 0 Å². The Bertz CT molecular complexity index is 64.5. The van der Waals surface area contributed by atoms with Crippen LogP contribution in [0, 0.1) is 0 Å². The van der Waals surface area contributed by atoms with Gasteiger partial charge in [-0.25, -0.2) is 0 Å². The molecule has 0 heterocycles. The quantitative estimate of drug-likeness (QED) is 0.307. The predicted octanol–water partition coefficient (Wildman–Crippen LogP) is 1.69. The van der Waals surface area contributed by atoms with Gasteiger partial charge in [0.05, 0.1) is 0 Å². The Labute approximate surface area is 52.1 Å². The van der Waals surface area contributed by atoms with E-state index < -0.39 is 0 Å². The highest BCUT2D eigenvalue weighted by Gasteiger charge is 1.75. The zero-order chi connectivity index (χ0) is 5.70. The van der Waals surface area contributed by atoms with E-state index in [0.29, 0.717) is 0 Å². The van der Waals surface area contributed by atoms with Crippen LogP contribution >= 0.6 is 11.1 Å². The molecule has 0 aromatic carbocycles. The Hall–Kier alpha value is 0.247. The van der Waals surface area contributed by atoms with Crippen molar-refractivity contribution in [3.8, 4) is 0 Å². The number of halogens is 1. The normalized spacial score (nSPS) is 10.1. The molecule has 0 amide bonds. The smallest absolute Gasteiger partial charge is 0.129 e. The fraction of sp³-hybridized carbons (Fsp3) is 0.600. The monoisotopic (exact) mass is 134 g/mol. The summed E-state index contributed by atoms with van der Waals surface area (Å²) in [5, 5.41) is 0. The van der Waals surface area contributed by atoms with Crippen LogP contribution in [0.15, 0.2) is 11.6 Å². The van der Waals surface area contributed by atoms with Crippen LogP contribution in [0.3, 0.4) is 0 Å². The van der Waals surface area contributed by atoms with E-state index in [1.54, 1.807) is 0 Å². The van der Waals surface area contributed by atoms with Crippen LogP contribution in [0.4, 0.5) is 0 Å². The molecule has 0 N–H and O–H groups in total. The van der Waals surface area contributed by atoms with E-state index in [9.17, 15) is 0 Å². The Balaban J connectivity index is 3.08. The first-order valence-electron chi connectivity index (χ1n) is 2.46. The van der Waals surface area contributed by atoms with Crippen molar-refractivity contribution in [2.45, 2.75) is 19.9 Å². The Kier molecular flexibility index (Phi) is 4.56. The van der Waals surface area contributed by atoms with Crippen molar-refractivity contribution < 1.29 is 0 Å². The van der Waals surface area contributed by atoms with Gasteiger partial charge < -0.3 is 0 Å². The number of rotatable bonds is 2. The number of hydrogen-bond acceptors (Lipinski definition) is 0. The molecule has 2 heteroatoms. The maximum atomic E-state index is 5.54. The minimum atomic E-state index is -0.233. The van der Waals surface area contributed by atoms with Gasteiger partial charge in [0.1, 0.15) is 8.83 Å². The van der Waals surface area contributed by atoms with Crippen LogP contribution in [0.5, 0.6) is 0 Å². The lowest BCUT2D eigenvalue weighted by Crippen LogP contribution is -1.71. The Morgan fingerprint density at radius 2 is 2.29 bits per heavy atom. The fourth-order valence-electron chi connectivity index (χ4n) is 0.343. The first-order valence-corrected chi connectivity index (χ1v) is 5.60. The average molecular weight is 135 g/mol. The van der Waals surface area contributed by atoms with Gasteiger partial charge in [0.2, 0.25) is 0 Å². The zero-order valence-corrected chi connectivity index (χ0v) is 7.04. The summed E-state index contributed by atoms with van der Waals surface area (Å²) >= 11 is 5.54. The first kappa shape index (κ1) is 7.25. The lowest BCUT2D eigenvalue weighted by Gasteiger charge is -1.83. The molecule has 0 aromatic rings. The van der Waals surface area contributed by atoms with Crippen molar-refractivity contribution in [3.63, 3.8) is 0 Å². The highest BCUT2D eigenvalue weighted by Crippen LogP contribution is 1.92. The molecule has 0 spiro atoms. The SMILES string of the molecule is CC(C)=CC[SiH2]Cl. The molecule has 0 aliphatic carbocycles. The first-order chi connectivity index (χ1) is 3.27. The van der Waals surface area contributed by atoms with Gasteiger partial charge in [-0.15, -0.1) is 0 Å². The fourth-order valence-corrected chi connectivity index (χ4v) is 1.36. The van der Waals surface area contributed by atoms with Crippen molar-refractivity contribution >= 4 is 19.9 Å². The largest absolute Gasteiger partial charge is 0.176 e. The van der Waals surface area contributed by atoms with Crippen LogP contribution in [0.1, 0.15) is 13.8 Å². The second-order valence-electron chi connectivity index (χ2n) is 1.76. The van der Waals surface area contributed by atoms with E-state index in [1.165, 1.54) is 5.57 Å². The summed E-state index contributed by atoms with van der Waals surface area (Å²) in [4.78, 5) is 0. The molecule has 42 valence electrons. The van der Waals surface area contributed by atoms with E-state index in [1.807, 2.05) is 0 Å². The number of hydrogen-bond donors (Lipinski definition) is 0. The zero-order valence-electron chi connectivity index (χ0n) is 4.87. The molecule has 0 aliphatic rings. The molecule has 7 heavy (non-hydrogen) atoms. The Morgan fingerprint density at radius 1 is 1.71 bits per heavy atom. The van der Waals surface area contributed by atoms with Crippen molar-refractivity contribution in [3.05, 3.63) is 11.6 Å². The predicted molar refractivity (Wildman–Crippen MR) is 38.6 cm³/mol. The van der Waals surface area contributed by atoms with Crippen molar-refractivity contribution in [1.29, 1.82) is 0 Å². The summed E-state index contributed by atoms with van der Waals surface area (Å²) in [6.45, 7) is 4.20. The van der Waals surface area contributed by atoms with Gasteiger partial charge in [0, 0.05) is 0 Å². The summed E-state index contributed by atoms with van der Waals surface area (Å²) in [6.07, 6.45) is 2.19. The third kappa shape index (κ3) is 6.25. The van der Waals surface area contributed by atoms with Gasteiger partial charge in [0.15, 0.2) is 0 Å². The maximum absolute atomic E-state index is 5.54. The van der Waals surface area contributed by atoms with Crippen LogP contribution in [-0.2, 0) is 0 Å². The lowest BCUT2D eigenvalue weighted by molar-refractivity contribution is 1.36. The van der Waals surface area contributed by atoms with E-state index in [0.717, 1.165) is 6.04 Å². The maximum Gasteiger partial charge on any atom is 0.129 e. The number of allylic oxidation sites excluding steroid dienone is 2. The second kappa shape index (κ2) is 4.41. The molecular weight excluding hydrogens is 124 g/mol. The topological polar surface area (TPSA) is 0 Å². The third-order valence-corrected chi connectivity index (χ3v) is 1.82. The van der Waals surface area contributed by atoms with Gasteiger partial charge in [0.25, 0.3) is 0 Å². The molecule has 0 saturated heterocycles. The summed E-state index contributed by atoms with van der Waals surface area (Å²) in [6, 6.07) is 1.14. The van der Waals surface area contributed by atoms with Gasteiger partial charge >= 0.3 is 0 Å². The molecular formula is C5H11ClSi. The van der Waals surface area contributed by atoms with Crippen LogP contribution in [0.2, 0.25) is 6.04 Å². The van der Waals surface area contributed by atoms with E-state index in [2.05, 4.69) is 19.9 Å². The molecule has 0 saturated carbocycles. The minimum Gasteiger partial charge on any atom is -0.176 e. The van der Waals surface area contributed by atoms with E-state index in [-0.39, 0.29) is 8.83 Å². The van der Waals surface area contributed by atoms with Gasteiger partial charge in [-0.2, -0.15) is 11.1 Å². The van der Waals surface area contributed by atoms with Crippen molar-refractivity contribution in [2.24, 2.45) is 0 Å². The summed E-state index contributed by atoms with van der Waals surface area (Å²) in [5.74, 6) is 0. The second-order valence-corrected chi connectivity index (χ2v) is 3.85. The average Bonchev–Trinajstić information content (AvgIpc) is 1.61. The lowest BCUT2D eigenvalue weighted by atomic mass is 10.3. The standard InChI is InChI=1S/C5H11ClSi/c1-5(2)3-4-7-6/h3H,4,7H2,1-2H3. The molecule has 0 fully saturated rings. The summed E-state index contributed by atoms with van der Waals surface area (Å²) in [7, 11) is -0.233. The molecule has 0 rings (SSSR count). The molecule has 0 unspecified atom stereocenters. The third-order valence-electron chi connectivity index (χ3n) is 0.662. The van der Waals surface area contributed by atoms with Crippen molar-refractivity contribution in [2.75, 3.05) is 0 Å². The van der Waals surface area contributed by atoms with Gasteiger partial charge in [-0.1, -0.05) is 11.6 Å². The summed E-state index contributed by atoms with van der Waals surface area (Å²) < 4.78 is 0. The van der Waals surface area contributed by atoms with Gasteiger partial charge in [-0.05, 0) is 19.9 Å². The van der Waals surface area contributed by atoms with Gasteiger partial charge in [-0.3, -0.25) is 0 Å². The van der Waals surface area contributed by atoms with Crippen molar-refractivity contribution in [1.82, 2.24) is 0 Å². The molecule has 0 aliphatic heterocycles. The molecule has 0 bridgehead atoms. The molecule has 0 aromatic heterocycles. The molecule has 0 radical (unpaired) electrons. The summed E-state index contributed by atoms with van der Waals surface area (Å²) in [5.41, 5.74) is 1.38.